The SMILES string of the molecule is COc1cc(C)c(C(=O)NC2CCCC2)cc1OC. The third-order valence-electron chi connectivity index (χ3n) is 3.67. The Kier molecular flexibility index (Phi) is 4.30. The second-order valence-electron chi connectivity index (χ2n) is 4.98. The molecule has 1 N–H and O–H groups in total. The second kappa shape index (κ2) is 5.95. The summed E-state index contributed by atoms with van der Waals surface area (Å²) in [6.07, 6.45) is 4.57. The Bertz CT molecular complexity index is 465. The van der Waals surface area contributed by atoms with Gasteiger partial charge in [0.1, 0.15) is 0 Å². The molecule has 0 bridgehead atoms. The maximum Gasteiger partial charge on any atom is 0.251 e. The predicted octanol–water partition coefficient (Wildman–Crippen LogP) is 2.68. The van der Waals surface area contributed by atoms with Crippen LogP contribution in [-0.2, 0) is 0 Å². The fraction of sp³-hybridized carbons (Fsp3) is 0.533. The van der Waals surface area contributed by atoms with E-state index in [0.717, 1.165) is 18.4 Å². The molecule has 0 heterocycles. The fourth-order valence-electron chi connectivity index (χ4n) is 2.56. The third kappa shape index (κ3) is 3.00. The standard InChI is InChI=1S/C15H21NO3/c1-10-8-13(18-2)14(19-3)9-12(10)15(17)16-11-6-4-5-7-11/h8-9,11H,4-7H2,1-3H3,(H,16,17). The molecule has 1 saturated carbocycles. The van der Waals surface area contributed by atoms with Crippen molar-refractivity contribution in [1.82, 2.24) is 5.32 Å². The molecule has 0 atom stereocenters. The van der Waals surface area contributed by atoms with Crippen molar-refractivity contribution in [2.75, 3.05) is 14.2 Å². The predicted molar refractivity (Wildman–Crippen MR) is 74.0 cm³/mol. The topological polar surface area (TPSA) is 47.6 Å². The Morgan fingerprint density at radius 2 is 1.74 bits per heavy atom. The molecule has 1 amide bonds. The van der Waals surface area contributed by atoms with Gasteiger partial charge < -0.3 is 14.8 Å². The highest BCUT2D eigenvalue weighted by molar-refractivity contribution is 5.96. The van der Waals surface area contributed by atoms with Gasteiger partial charge in [-0.2, -0.15) is 0 Å². The zero-order chi connectivity index (χ0) is 13.8. The number of aryl methyl sites for hydroxylation is 1. The first kappa shape index (κ1) is 13.7. The van der Waals surface area contributed by atoms with Crippen molar-refractivity contribution in [3.05, 3.63) is 23.3 Å². The number of hydrogen-bond donors (Lipinski definition) is 1. The van der Waals surface area contributed by atoms with E-state index in [9.17, 15) is 4.79 Å². The Morgan fingerprint density at radius 1 is 1.16 bits per heavy atom. The monoisotopic (exact) mass is 263 g/mol. The summed E-state index contributed by atoms with van der Waals surface area (Å²) in [7, 11) is 3.17. The van der Waals surface area contributed by atoms with Gasteiger partial charge in [-0.3, -0.25) is 4.79 Å². The lowest BCUT2D eigenvalue weighted by atomic mass is 10.1. The van der Waals surface area contributed by atoms with E-state index in [-0.39, 0.29) is 5.91 Å². The third-order valence-corrected chi connectivity index (χ3v) is 3.67. The largest absolute Gasteiger partial charge is 0.493 e. The summed E-state index contributed by atoms with van der Waals surface area (Å²) < 4.78 is 10.5. The number of benzene rings is 1. The van der Waals surface area contributed by atoms with Crippen LogP contribution in [-0.4, -0.2) is 26.2 Å². The molecule has 4 nitrogen and oxygen atoms in total. The Hall–Kier alpha value is -1.71. The number of carbonyl (C=O) groups excluding carboxylic acids is 1. The molecule has 104 valence electrons. The van der Waals surface area contributed by atoms with E-state index >= 15 is 0 Å². The van der Waals surface area contributed by atoms with E-state index in [0.29, 0.717) is 23.1 Å². The summed E-state index contributed by atoms with van der Waals surface area (Å²) in [5.74, 6) is 1.22. The first-order valence-corrected chi connectivity index (χ1v) is 6.69. The highest BCUT2D eigenvalue weighted by Gasteiger charge is 2.20. The lowest BCUT2D eigenvalue weighted by Crippen LogP contribution is -2.33. The summed E-state index contributed by atoms with van der Waals surface area (Å²) in [6.45, 7) is 1.91. The van der Waals surface area contributed by atoms with Gasteiger partial charge in [-0.15, -0.1) is 0 Å². The number of carbonyl (C=O) groups is 1. The van der Waals surface area contributed by atoms with E-state index in [2.05, 4.69) is 5.32 Å². The molecule has 0 aliphatic heterocycles. The number of nitrogens with one attached hydrogen (secondary N) is 1. The van der Waals surface area contributed by atoms with Crippen LogP contribution in [0.3, 0.4) is 0 Å². The van der Waals surface area contributed by atoms with Gasteiger partial charge >= 0.3 is 0 Å². The first-order chi connectivity index (χ1) is 9.15. The highest BCUT2D eigenvalue weighted by Crippen LogP contribution is 2.30. The molecule has 2 rings (SSSR count). The Balaban J connectivity index is 2.20. The van der Waals surface area contributed by atoms with Crippen molar-refractivity contribution < 1.29 is 14.3 Å². The van der Waals surface area contributed by atoms with E-state index < -0.39 is 0 Å². The van der Waals surface area contributed by atoms with Gasteiger partial charge in [-0.05, 0) is 37.5 Å². The molecule has 4 heteroatoms. The lowest BCUT2D eigenvalue weighted by molar-refractivity contribution is 0.0937. The van der Waals surface area contributed by atoms with Crippen molar-refractivity contribution in [2.24, 2.45) is 0 Å². The van der Waals surface area contributed by atoms with Crippen molar-refractivity contribution in [2.45, 2.75) is 38.6 Å². The molecular weight excluding hydrogens is 242 g/mol. The minimum atomic E-state index is -0.0228. The maximum absolute atomic E-state index is 12.3. The quantitative estimate of drug-likeness (QED) is 0.908. The van der Waals surface area contributed by atoms with Crippen molar-refractivity contribution >= 4 is 5.91 Å². The molecule has 1 aromatic rings. The number of hydrogen-bond acceptors (Lipinski definition) is 3. The molecule has 0 saturated heterocycles. The van der Waals surface area contributed by atoms with Crippen LogP contribution in [0, 0.1) is 6.92 Å². The summed E-state index contributed by atoms with van der Waals surface area (Å²) in [5, 5.41) is 3.09. The van der Waals surface area contributed by atoms with Gasteiger partial charge in [0, 0.05) is 11.6 Å². The van der Waals surface area contributed by atoms with E-state index in [4.69, 9.17) is 9.47 Å². The van der Waals surface area contributed by atoms with Crippen LogP contribution in [0.5, 0.6) is 11.5 Å². The van der Waals surface area contributed by atoms with Crippen LogP contribution in [0.25, 0.3) is 0 Å². The van der Waals surface area contributed by atoms with Crippen LogP contribution in [0.15, 0.2) is 12.1 Å². The summed E-state index contributed by atoms with van der Waals surface area (Å²) in [4.78, 5) is 12.3. The molecule has 1 aromatic carbocycles. The molecule has 1 fully saturated rings. The Morgan fingerprint density at radius 3 is 2.32 bits per heavy atom. The molecule has 1 aliphatic carbocycles. The Labute approximate surface area is 114 Å². The molecule has 0 radical (unpaired) electrons. The molecule has 0 spiro atoms. The van der Waals surface area contributed by atoms with Crippen LogP contribution < -0.4 is 14.8 Å². The van der Waals surface area contributed by atoms with Crippen LogP contribution in [0.4, 0.5) is 0 Å². The van der Waals surface area contributed by atoms with Gasteiger partial charge in [0.25, 0.3) is 5.91 Å². The number of methoxy groups -OCH3 is 2. The number of ether oxygens (including phenoxy) is 2. The van der Waals surface area contributed by atoms with Crippen LogP contribution >= 0.6 is 0 Å². The summed E-state index contributed by atoms with van der Waals surface area (Å²) >= 11 is 0. The van der Waals surface area contributed by atoms with Crippen molar-refractivity contribution in [1.29, 1.82) is 0 Å². The van der Waals surface area contributed by atoms with E-state index in [1.165, 1.54) is 12.8 Å². The molecule has 0 unspecified atom stereocenters. The minimum Gasteiger partial charge on any atom is -0.493 e. The van der Waals surface area contributed by atoms with Gasteiger partial charge in [0.2, 0.25) is 0 Å². The summed E-state index contributed by atoms with van der Waals surface area (Å²) in [5.41, 5.74) is 1.55. The maximum atomic E-state index is 12.3. The molecule has 0 aromatic heterocycles. The van der Waals surface area contributed by atoms with Gasteiger partial charge in [-0.1, -0.05) is 12.8 Å². The zero-order valence-corrected chi connectivity index (χ0v) is 11.8. The molecule has 19 heavy (non-hydrogen) atoms. The normalized spacial score (nSPS) is 15.3. The van der Waals surface area contributed by atoms with E-state index in [1.54, 1.807) is 20.3 Å². The van der Waals surface area contributed by atoms with Gasteiger partial charge in [0.05, 0.1) is 14.2 Å². The van der Waals surface area contributed by atoms with E-state index in [1.807, 2.05) is 13.0 Å². The number of rotatable bonds is 4. The highest BCUT2D eigenvalue weighted by atomic mass is 16.5. The summed E-state index contributed by atoms with van der Waals surface area (Å²) in [6, 6.07) is 3.90. The van der Waals surface area contributed by atoms with Crippen LogP contribution in [0.2, 0.25) is 0 Å². The molecule has 1 aliphatic rings. The first-order valence-electron chi connectivity index (χ1n) is 6.69. The van der Waals surface area contributed by atoms with Crippen LogP contribution in [0.1, 0.15) is 41.6 Å². The average Bonchev–Trinajstić information content (AvgIpc) is 2.90. The second-order valence-corrected chi connectivity index (χ2v) is 4.98. The number of amides is 1. The average molecular weight is 263 g/mol. The smallest absolute Gasteiger partial charge is 0.251 e. The molecular formula is C15H21NO3. The lowest BCUT2D eigenvalue weighted by Gasteiger charge is -2.15. The fourth-order valence-corrected chi connectivity index (χ4v) is 2.56. The van der Waals surface area contributed by atoms with Crippen molar-refractivity contribution in [3.8, 4) is 11.5 Å². The van der Waals surface area contributed by atoms with Gasteiger partial charge in [0.15, 0.2) is 11.5 Å². The van der Waals surface area contributed by atoms with Crippen molar-refractivity contribution in [3.63, 3.8) is 0 Å². The zero-order valence-electron chi connectivity index (χ0n) is 11.8. The van der Waals surface area contributed by atoms with Gasteiger partial charge in [-0.25, -0.2) is 0 Å². The minimum absolute atomic E-state index is 0.0228.